The quantitative estimate of drug-likeness (QED) is 0.897. The van der Waals surface area contributed by atoms with Crippen molar-refractivity contribution in [3.05, 3.63) is 29.3 Å². The summed E-state index contributed by atoms with van der Waals surface area (Å²) >= 11 is 0. The molecule has 6 nitrogen and oxygen atoms in total. The first kappa shape index (κ1) is 17.6. The van der Waals surface area contributed by atoms with Gasteiger partial charge in [0.15, 0.2) is 0 Å². The van der Waals surface area contributed by atoms with Crippen LogP contribution in [0, 0.1) is 23.0 Å². The van der Waals surface area contributed by atoms with Gasteiger partial charge in [0.25, 0.3) is 5.91 Å². The van der Waals surface area contributed by atoms with Crippen molar-refractivity contribution in [2.45, 2.75) is 12.8 Å². The monoisotopic (exact) mass is 355 g/mol. The lowest BCUT2D eigenvalue weighted by atomic mass is 9.72. The Kier molecular flexibility index (Phi) is 4.64. The van der Waals surface area contributed by atoms with Crippen LogP contribution in [0.3, 0.4) is 0 Å². The van der Waals surface area contributed by atoms with Crippen molar-refractivity contribution in [3.8, 4) is 5.75 Å². The summed E-state index contributed by atoms with van der Waals surface area (Å²) < 4.78 is 38.5. The van der Waals surface area contributed by atoms with E-state index in [4.69, 9.17) is 9.47 Å². The van der Waals surface area contributed by atoms with E-state index in [9.17, 15) is 23.5 Å². The third-order valence-corrected chi connectivity index (χ3v) is 5.19. The van der Waals surface area contributed by atoms with Gasteiger partial charge in [0.2, 0.25) is 0 Å². The molecule has 3 rings (SSSR count). The first-order valence-corrected chi connectivity index (χ1v) is 8.01. The predicted octanol–water partition coefficient (Wildman–Crippen LogP) is 1.93. The largest absolute Gasteiger partial charge is 0.497 e. The Morgan fingerprint density at radius 1 is 1.28 bits per heavy atom. The van der Waals surface area contributed by atoms with E-state index in [0.29, 0.717) is 26.1 Å². The summed E-state index contributed by atoms with van der Waals surface area (Å²) in [6.45, 7) is 0.907. The number of amides is 1. The highest BCUT2D eigenvalue weighted by atomic mass is 19.1. The molecule has 1 amide bonds. The van der Waals surface area contributed by atoms with Crippen LogP contribution in [-0.2, 0) is 9.53 Å². The zero-order valence-corrected chi connectivity index (χ0v) is 13.8. The second-order valence-electron chi connectivity index (χ2n) is 6.52. The second-order valence-corrected chi connectivity index (χ2v) is 6.52. The van der Waals surface area contributed by atoms with Gasteiger partial charge in [-0.15, -0.1) is 0 Å². The van der Waals surface area contributed by atoms with E-state index in [2.05, 4.69) is 0 Å². The van der Waals surface area contributed by atoms with Crippen molar-refractivity contribution in [2.75, 3.05) is 33.4 Å². The van der Waals surface area contributed by atoms with Crippen molar-refractivity contribution < 1.29 is 33.0 Å². The van der Waals surface area contributed by atoms with E-state index in [1.165, 1.54) is 12.0 Å². The number of nitrogens with zero attached hydrogens (tertiary/aromatic N) is 1. The molecule has 1 unspecified atom stereocenters. The Bertz CT molecular complexity index is 679. The number of benzene rings is 1. The van der Waals surface area contributed by atoms with Gasteiger partial charge in [-0.05, 0) is 12.8 Å². The lowest BCUT2D eigenvalue weighted by Gasteiger charge is -2.36. The molecule has 1 N–H and O–H groups in total. The first-order chi connectivity index (χ1) is 11.9. The van der Waals surface area contributed by atoms with Crippen molar-refractivity contribution in [1.29, 1.82) is 0 Å². The smallest absolute Gasteiger partial charge is 0.308 e. The van der Waals surface area contributed by atoms with Crippen molar-refractivity contribution >= 4 is 11.9 Å². The second kappa shape index (κ2) is 6.59. The SMILES string of the molecule is COc1cc(F)c(C(=O)N2CC(C(=O)O)C3(CCOCC3)C2)c(F)c1. The number of methoxy groups -OCH3 is 1. The van der Waals surface area contributed by atoms with E-state index in [-0.39, 0.29) is 18.8 Å². The van der Waals surface area contributed by atoms with Gasteiger partial charge in [-0.1, -0.05) is 0 Å². The molecule has 1 atom stereocenters. The lowest BCUT2D eigenvalue weighted by Crippen LogP contribution is -2.40. The van der Waals surface area contributed by atoms with Crippen LogP contribution in [0.1, 0.15) is 23.2 Å². The third kappa shape index (κ3) is 3.06. The summed E-state index contributed by atoms with van der Waals surface area (Å²) in [7, 11) is 1.27. The predicted molar refractivity (Wildman–Crippen MR) is 82.4 cm³/mol. The number of hydrogen-bond donors (Lipinski definition) is 1. The number of ether oxygens (including phenoxy) is 2. The minimum atomic E-state index is -1.03. The minimum absolute atomic E-state index is 0.0303. The minimum Gasteiger partial charge on any atom is -0.497 e. The number of halogens is 2. The zero-order valence-electron chi connectivity index (χ0n) is 13.8. The Morgan fingerprint density at radius 2 is 1.88 bits per heavy atom. The molecule has 0 aliphatic carbocycles. The molecule has 1 spiro atoms. The fourth-order valence-electron chi connectivity index (χ4n) is 3.78. The molecule has 2 aliphatic rings. The van der Waals surface area contributed by atoms with Gasteiger partial charge in [0.1, 0.15) is 22.9 Å². The Balaban J connectivity index is 1.90. The van der Waals surface area contributed by atoms with E-state index >= 15 is 0 Å². The molecule has 1 aromatic rings. The van der Waals surface area contributed by atoms with Gasteiger partial charge in [-0.2, -0.15) is 0 Å². The van der Waals surface area contributed by atoms with Crippen molar-refractivity contribution in [2.24, 2.45) is 11.3 Å². The van der Waals surface area contributed by atoms with Crippen LogP contribution in [0.25, 0.3) is 0 Å². The van der Waals surface area contributed by atoms with Crippen LogP contribution >= 0.6 is 0 Å². The Morgan fingerprint density at radius 3 is 2.40 bits per heavy atom. The number of carbonyl (C=O) groups excluding carboxylic acids is 1. The zero-order chi connectivity index (χ0) is 18.2. The van der Waals surface area contributed by atoms with Crippen LogP contribution in [0.15, 0.2) is 12.1 Å². The molecule has 0 radical (unpaired) electrons. The number of likely N-dealkylation sites (tertiary alicyclic amines) is 1. The number of hydrogen-bond acceptors (Lipinski definition) is 4. The number of carboxylic acids is 1. The number of rotatable bonds is 3. The van der Waals surface area contributed by atoms with Gasteiger partial charge < -0.3 is 19.5 Å². The van der Waals surface area contributed by atoms with Crippen LogP contribution in [-0.4, -0.2) is 55.3 Å². The molecule has 2 fully saturated rings. The molecule has 2 aliphatic heterocycles. The summed E-state index contributed by atoms with van der Waals surface area (Å²) in [4.78, 5) is 25.6. The molecule has 0 saturated carbocycles. The maximum atomic E-state index is 14.2. The maximum Gasteiger partial charge on any atom is 0.308 e. The fourth-order valence-corrected chi connectivity index (χ4v) is 3.78. The molecule has 8 heteroatoms. The van der Waals surface area contributed by atoms with E-state index < -0.39 is 40.4 Å². The molecule has 2 heterocycles. The third-order valence-electron chi connectivity index (χ3n) is 5.19. The van der Waals surface area contributed by atoms with Crippen molar-refractivity contribution in [3.63, 3.8) is 0 Å². The summed E-state index contributed by atoms with van der Waals surface area (Å²) in [5, 5.41) is 9.53. The van der Waals surface area contributed by atoms with E-state index in [1.54, 1.807) is 0 Å². The molecule has 2 saturated heterocycles. The van der Waals surface area contributed by atoms with Gasteiger partial charge in [-0.3, -0.25) is 9.59 Å². The summed E-state index contributed by atoms with van der Waals surface area (Å²) in [6, 6.07) is 1.87. The summed E-state index contributed by atoms with van der Waals surface area (Å²) in [6.07, 6.45) is 1.00. The van der Waals surface area contributed by atoms with Crippen LogP contribution in [0.2, 0.25) is 0 Å². The molecular weight excluding hydrogens is 336 g/mol. The molecule has 1 aromatic carbocycles. The average Bonchev–Trinajstić information content (AvgIpc) is 2.93. The number of carboxylic acid groups (broad SMARTS) is 1. The van der Waals surface area contributed by atoms with Gasteiger partial charge in [0.05, 0.1) is 13.0 Å². The van der Waals surface area contributed by atoms with Gasteiger partial charge >= 0.3 is 5.97 Å². The highest BCUT2D eigenvalue weighted by Crippen LogP contribution is 2.45. The normalized spacial score (nSPS) is 22.2. The van der Waals surface area contributed by atoms with E-state index in [1.807, 2.05) is 0 Å². The van der Waals surface area contributed by atoms with Crippen LogP contribution in [0.5, 0.6) is 5.75 Å². The molecule has 25 heavy (non-hydrogen) atoms. The molecule has 136 valence electrons. The van der Waals surface area contributed by atoms with Gasteiger partial charge in [0, 0.05) is 43.9 Å². The topological polar surface area (TPSA) is 76.1 Å². The first-order valence-electron chi connectivity index (χ1n) is 8.01. The summed E-state index contributed by atoms with van der Waals surface area (Å²) in [5.74, 6) is -4.70. The Labute approximate surface area is 143 Å². The molecular formula is C17H19F2NO5. The maximum absolute atomic E-state index is 14.2. The highest BCUT2D eigenvalue weighted by Gasteiger charge is 2.52. The van der Waals surface area contributed by atoms with Crippen molar-refractivity contribution in [1.82, 2.24) is 4.90 Å². The lowest BCUT2D eigenvalue weighted by molar-refractivity contribution is -0.146. The number of carbonyl (C=O) groups is 2. The Hall–Kier alpha value is -2.22. The average molecular weight is 355 g/mol. The van der Waals surface area contributed by atoms with Crippen LogP contribution in [0.4, 0.5) is 8.78 Å². The highest BCUT2D eigenvalue weighted by molar-refractivity contribution is 5.95. The van der Waals surface area contributed by atoms with Gasteiger partial charge in [-0.25, -0.2) is 8.78 Å². The molecule has 0 bridgehead atoms. The molecule has 0 aromatic heterocycles. The number of aliphatic carboxylic acids is 1. The van der Waals surface area contributed by atoms with E-state index in [0.717, 1.165) is 12.1 Å². The van der Waals surface area contributed by atoms with Crippen LogP contribution < -0.4 is 4.74 Å². The summed E-state index contributed by atoms with van der Waals surface area (Å²) in [5.41, 5.74) is -1.30. The standard InChI is InChI=1S/C17H19F2NO5/c1-24-10-6-12(18)14(13(19)7-10)15(21)20-8-11(16(22)23)17(9-20)2-4-25-5-3-17/h6-7,11H,2-5,8-9H2,1H3,(H,22,23). The fraction of sp³-hybridized carbons (Fsp3) is 0.529.